The Morgan fingerprint density at radius 2 is 1.45 bits per heavy atom. The Labute approximate surface area is 200 Å². The van der Waals surface area contributed by atoms with E-state index in [-0.39, 0.29) is 11.0 Å². The predicted molar refractivity (Wildman–Crippen MR) is 139 cm³/mol. The summed E-state index contributed by atoms with van der Waals surface area (Å²) in [5, 5.41) is 2.40. The number of carbonyl (C=O) groups excluding carboxylic acids is 1. The molecule has 4 heteroatoms. The molecule has 172 valence electrons. The topological polar surface area (TPSA) is 35.5 Å². The Balaban J connectivity index is 1.76. The lowest BCUT2D eigenvalue weighted by Crippen LogP contribution is -2.66. The van der Waals surface area contributed by atoms with E-state index in [4.69, 9.17) is 10.5 Å². The van der Waals surface area contributed by atoms with Crippen LogP contribution >= 0.6 is 0 Å². The van der Waals surface area contributed by atoms with Gasteiger partial charge in [0.2, 0.25) is 0 Å². The van der Waals surface area contributed by atoms with E-state index in [9.17, 15) is 4.79 Å². The molecule has 0 heterocycles. The van der Waals surface area contributed by atoms with Crippen molar-refractivity contribution in [3.05, 3.63) is 109 Å². The third-order valence-electron chi connectivity index (χ3n) is 5.85. The quantitative estimate of drug-likeness (QED) is 0.167. The lowest BCUT2D eigenvalue weighted by Gasteiger charge is -2.43. The van der Waals surface area contributed by atoms with E-state index in [0.29, 0.717) is 25.0 Å². The van der Waals surface area contributed by atoms with Crippen LogP contribution in [0, 0.1) is 0 Å². The van der Waals surface area contributed by atoms with Crippen molar-refractivity contribution in [2.75, 3.05) is 6.61 Å². The minimum atomic E-state index is -2.59. The Hall–Kier alpha value is -2.95. The lowest BCUT2D eigenvalue weighted by molar-refractivity contribution is 0.0370. The summed E-state index contributed by atoms with van der Waals surface area (Å²) < 4.78 is 20.0. The molecule has 0 bridgehead atoms. The molecule has 3 aromatic rings. The van der Waals surface area contributed by atoms with Crippen LogP contribution < -0.4 is 10.4 Å². The van der Waals surface area contributed by atoms with Crippen LogP contribution in [-0.2, 0) is 9.16 Å². The fourth-order valence-electron chi connectivity index (χ4n) is 4.25. The maximum atomic E-state index is 12.5. The van der Waals surface area contributed by atoms with Crippen LogP contribution in [0.15, 0.2) is 104 Å². The zero-order valence-corrected chi connectivity index (χ0v) is 20.7. The standard InChI is InChI=1S/C29H34O3Si/c1-5-25(32-28(30)24-16-9-6-10-17-24)18-15-23-31-33(29(2,3)4,26-19-11-7-12-20-26)27-21-13-8-14-22-27/h5-14,16-17,19-22,25H,1,15,18,23H2,2-4H3/t25-/m0/s1/i1D. The Morgan fingerprint density at radius 1 is 0.939 bits per heavy atom. The summed E-state index contributed by atoms with van der Waals surface area (Å²) in [6.07, 6.45) is 2.45. The summed E-state index contributed by atoms with van der Waals surface area (Å²) in [4.78, 5) is 12.5. The van der Waals surface area contributed by atoms with Crippen molar-refractivity contribution in [3.63, 3.8) is 0 Å². The van der Waals surface area contributed by atoms with Crippen LogP contribution in [0.4, 0.5) is 0 Å². The SMILES string of the molecule is [2H]C=C[C@@H](CCCO[Si](c1ccccc1)(c1ccccc1)C(C)(C)C)OC(=O)c1ccccc1. The molecule has 0 aliphatic carbocycles. The van der Waals surface area contributed by atoms with Crippen molar-refractivity contribution in [2.24, 2.45) is 0 Å². The number of benzene rings is 3. The van der Waals surface area contributed by atoms with Gasteiger partial charge in [0.15, 0.2) is 0 Å². The molecule has 33 heavy (non-hydrogen) atoms. The normalized spacial score (nSPS) is 13.5. The molecule has 0 N–H and O–H groups in total. The molecule has 0 saturated heterocycles. The minimum absolute atomic E-state index is 0.0873. The molecule has 0 aromatic heterocycles. The van der Waals surface area contributed by atoms with Gasteiger partial charge in [-0.25, -0.2) is 4.79 Å². The highest BCUT2D eigenvalue weighted by Crippen LogP contribution is 2.36. The molecule has 0 aliphatic rings. The van der Waals surface area contributed by atoms with Crippen LogP contribution in [0.2, 0.25) is 5.04 Å². The molecule has 0 radical (unpaired) electrons. The second-order valence-electron chi connectivity index (χ2n) is 9.16. The highest BCUT2D eigenvalue weighted by atomic mass is 28.4. The van der Waals surface area contributed by atoms with Gasteiger partial charge in [-0.15, -0.1) is 0 Å². The highest BCUT2D eigenvalue weighted by molar-refractivity contribution is 6.99. The first kappa shape index (κ1) is 23.2. The van der Waals surface area contributed by atoms with E-state index in [1.807, 2.05) is 30.3 Å². The van der Waals surface area contributed by atoms with Gasteiger partial charge in [0.05, 0.1) is 6.93 Å². The van der Waals surface area contributed by atoms with Gasteiger partial charge in [0.25, 0.3) is 8.32 Å². The first-order valence-electron chi connectivity index (χ1n) is 12.0. The number of hydrogen-bond acceptors (Lipinski definition) is 3. The maximum absolute atomic E-state index is 12.5. The van der Waals surface area contributed by atoms with Crippen LogP contribution in [0.3, 0.4) is 0 Å². The zero-order chi connectivity index (χ0) is 24.4. The van der Waals surface area contributed by atoms with Crippen LogP contribution in [0.1, 0.15) is 45.3 Å². The molecule has 0 amide bonds. The molecule has 3 nitrogen and oxygen atoms in total. The highest BCUT2D eigenvalue weighted by Gasteiger charge is 2.49. The zero-order valence-electron chi connectivity index (χ0n) is 20.7. The van der Waals surface area contributed by atoms with E-state index in [0.717, 1.165) is 0 Å². The minimum Gasteiger partial charge on any atom is -0.455 e. The molecule has 0 fully saturated rings. The maximum Gasteiger partial charge on any atom is 0.338 e. The van der Waals surface area contributed by atoms with Crippen molar-refractivity contribution in [1.29, 1.82) is 0 Å². The number of hydrogen-bond donors (Lipinski definition) is 0. The molecule has 0 saturated carbocycles. The van der Waals surface area contributed by atoms with E-state index in [2.05, 4.69) is 69.3 Å². The Kier molecular flexibility index (Phi) is 7.92. The molecule has 3 aromatic carbocycles. The molecule has 0 unspecified atom stereocenters. The second-order valence-corrected chi connectivity index (χ2v) is 13.5. The summed E-state index contributed by atoms with van der Waals surface area (Å²) in [6.45, 7) is 8.50. The molecule has 1 atom stereocenters. The lowest BCUT2D eigenvalue weighted by atomic mass is 10.2. The number of rotatable bonds is 10. The van der Waals surface area contributed by atoms with Gasteiger partial charge in [-0.2, -0.15) is 0 Å². The van der Waals surface area contributed by atoms with Gasteiger partial charge >= 0.3 is 5.97 Å². The third kappa shape index (κ3) is 5.89. The van der Waals surface area contributed by atoms with E-state index >= 15 is 0 Å². The van der Waals surface area contributed by atoms with Gasteiger partial charge in [-0.05, 0) is 40.4 Å². The van der Waals surface area contributed by atoms with Gasteiger partial charge in [-0.3, -0.25) is 0 Å². The van der Waals surface area contributed by atoms with Crippen LogP contribution in [-0.4, -0.2) is 27.0 Å². The van der Waals surface area contributed by atoms with Crippen molar-refractivity contribution < 1.29 is 15.3 Å². The molecular weight excluding hydrogens is 424 g/mol. The van der Waals surface area contributed by atoms with E-state index < -0.39 is 14.4 Å². The van der Waals surface area contributed by atoms with Gasteiger partial charge in [0.1, 0.15) is 6.10 Å². The first-order valence-corrected chi connectivity index (χ1v) is 13.4. The number of carbonyl (C=O) groups is 1. The average Bonchev–Trinajstić information content (AvgIpc) is 2.85. The van der Waals surface area contributed by atoms with Crippen molar-refractivity contribution in [1.82, 2.24) is 0 Å². The largest absolute Gasteiger partial charge is 0.455 e. The summed E-state index contributed by atoms with van der Waals surface area (Å²) in [7, 11) is -2.59. The molecular formula is C29H34O3Si. The number of ether oxygens (including phenoxy) is 1. The molecule has 3 rings (SSSR count). The second kappa shape index (κ2) is 11.3. The smallest absolute Gasteiger partial charge is 0.338 e. The molecule has 0 spiro atoms. The van der Waals surface area contributed by atoms with Crippen molar-refractivity contribution in [2.45, 2.75) is 44.8 Å². The van der Waals surface area contributed by atoms with Crippen molar-refractivity contribution >= 4 is 24.7 Å². The number of esters is 1. The van der Waals surface area contributed by atoms with Crippen LogP contribution in [0.5, 0.6) is 0 Å². The first-order chi connectivity index (χ1) is 16.4. The summed E-state index contributed by atoms with van der Waals surface area (Å²) in [5.41, 5.74) is 0.509. The Bertz CT molecular complexity index is 1010. The van der Waals surface area contributed by atoms with Gasteiger partial charge < -0.3 is 9.16 Å². The summed E-state index contributed by atoms with van der Waals surface area (Å²) in [5.74, 6) is -0.378. The fraction of sp³-hybridized carbons (Fsp3) is 0.276. The molecule has 0 aliphatic heterocycles. The van der Waals surface area contributed by atoms with E-state index in [1.165, 1.54) is 16.9 Å². The van der Waals surface area contributed by atoms with Gasteiger partial charge in [-0.1, -0.05) is 112 Å². The third-order valence-corrected chi connectivity index (χ3v) is 10.9. The summed E-state index contributed by atoms with van der Waals surface area (Å²) >= 11 is 0. The average molecular weight is 460 g/mol. The fourth-order valence-corrected chi connectivity index (χ4v) is 8.85. The van der Waals surface area contributed by atoms with Crippen molar-refractivity contribution in [3.8, 4) is 0 Å². The van der Waals surface area contributed by atoms with Gasteiger partial charge in [0, 0.05) is 6.61 Å². The summed E-state index contributed by atoms with van der Waals surface area (Å²) in [6, 6.07) is 30.0. The Morgan fingerprint density at radius 3 is 1.94 bits per heavy atom. The van der Waals surface area contributed by atoms with E-state index in [1.54, 1.807) is 18.2 Å². The predicted octanol–water partition coefficient (Wildman–Crippen LogP) is 5.75. The monoisotopic (exact) mass is 459 g/mol. The van der Waals surface area contributed by atoms with Crippen LogP contribution in [0.25, 0.3) is 0 Å².